The first-order chi connectivity index (χ1) is 22.4. The lowest BCUT2D eigenvalue weighted by atomic mass is 10.1. The van der Waals surface area contributed by atoms with Crippen molar-refractivity contribution in [2.45, 2.75) is 57.3 Å². The van der Waals surface area contributed by atoms with Gasteiger partial charge in [-0.05, 0) is 54.5 Å². The van der Waals surface area contributed by atoms with Crippen LogP contribution >= 0.6 is 0 Å². The van der Waals surface area contributed by atoms with E-state index < -0.39 is 30.6 Å². The third-order valence-corrected chi connectivity index (χ3v) is 8.28. The maximum absolute atomic E-state index is 14.5. The molecule has 1 N–H and O–H groups in total. The lowest BCUT2D eigenvalue weighted by Crippen LogP contribution is -2.55. The standard InChI is InChI=1S/C35H36N2O9/c1-3-14-44-35(41)37-27-20-30(45-21-23-10-8-9-22(16-23)17-31(38)39)29(42-2)19-25(27)33(40)36-26-12-5-4-11-24(26)18-28(36)34(37)46-32-13-6-7-15-43-32/h3-5,8-12,16,19-20,28,32,34H,1,6-7,13-15,17-18,21H2,2H3,(H,38,39)/t28-,32?,34?/m0/s1. The Bertz CT molecular complexity index is 1630. The van der Waals surface area contributed by atoms with Crippen molar-refractivity contribution < 1.29 is 43.2 Å². The van der Waals surface area contributed by atoms with Gasteiger partial charge in [-0.25, -0.2) is 9.69 Å². The van der Waals surface area contributed by atoms with Gasteiger partial charge in [-0.15, -0.1) is 0 Å². The van der Waals surface area contributed by atoms with Crippen LogP contribution in [0.15, 0.2) is 73.3 Å². The Hall–Kier alpha value is -4.87. The molecular formula is C35H36N2O9. The molecule has 2 unspecified atom stereocenters. The van der Waals surface area contributed by atoms with Crippen molar-refractivity contribution in [2.75, 3.05) is 30.1 Å². The number of para-hydroxylation sites is 1. The van der Waals surface area contributed by atoms with E-state index in [2.05, 4.69) is 6.58 Å². The van der Waals surface area contributed by atoms with E-state index in [4.69, 9.17) is 23.7 Å². The zero-order valence-corrected chi connectivity index (χ0v) is 25.6. The van der Waals surface area contributed by atoms with E-state index in [1.165, 1.54) is 18.1 Å². The third kappa shape index (κ3) is 6.29. The second-order valence-corrected chi connectivity index (χ2v) is 11.3. The number of amides is 2. The topological polar surface area (TPSA) is 124 Å². The Morgan fingerprint density at radius 3 is 2.63 bits per heavy atom. The van der Waals surface area contributed by atoms with Crippen LogP contribution in [-0.4, -0.2) is 62.0 Å². The Labute approximate surface area is 266 Å². The summed E-state index contributed by atoms with van der Waals surface area (Å²) in [7, 11) is 1.47. The fourth-order valence-electron chi connectivity index (χ4n) is 6.23. The van der Waals surface area contributed by atoms with Crippen LogP contribution in [0.2, 0.25) is 0 Å². The summed E-state index contributed by atoms with van der Waals surface area (Å²) in [6, 6.07) is 17.3. The lowest BCUT2D eigenvalue weighted by molar-refractivity contribution is -0.190. The van der Waals surface area contributed by atoms with Crippen LogP contribution in [0.4, 0.5) is 16.2 Å². The zero-order chi connectivity index (χ0) is 32.2. The minimum absolute atomic E-state index is 0.0495. The van der Waals surface area contributed by atoms with Crippen molar-refractivity contribution in [1.29, 1.82) is 0 Å². The van der Waals surface area contributed by atoms with Gasteiger partial charge < -0.3 is 33.7 Å². The van der Waals surface area contributed by atoms with Gasteiger partial charge >= 0.3 is 12.1 Å². The first-order valence-electron chi connectivity index (χ1n) is 15.3. The van der Waals surface area contributed by atoms with Gasteiger partial charge in [0.1, 0.15) is 13.2 Å². The number of hydrogen-bond acceptors (Lipinski definition) is 8. The summed E-state index contributed by atoms with van der Waals surface area (Å²) in [5, 5.41) is 9.21. The zero-order valence-electron chi connectivity index (χ0n) is 25.6. The molecule has 3 heterocycles. The van der Waals surface area contributed by atoms with Crippen molar-refractivity contribution in [3.05, 3.63) is 95.6 Å². The SMILES string of the molecule is C=CCOC(=O)N1c2cc(OCc3cccc(CC(=O)O)c3)c(OC)cc2C(=O)N2c3ccccc3C[C@H]2C1OC1CCCCO1. The average molecular weight is 629 g/mol. The quantitative estimate of drug-likeness (QED) is 0.291. The fourth-order valence-corrected chi connectivity index (χ4v) is 6.23. The Morgan fingerprint density at radius 1 is 1.04 bits per heavy atom. The summed E-state index contributed by atoms with van der Waals surface area (Å²) in [5.74, 6) is -0.702. The van der Waals surface area contributed by atoms with Crippen molar-refractivity contribution in [2.24, 2.45) is 0 Å². The summed E-state index contributed by atoms with van der Waals surface area (Å²) in [6.07, 6.45) is 2.01. The number of methoxy groups -OCH3 is 1. The van der Waals surface area contributed by atoms with E-state index in [9.17, 15) is 19.5 Å². The van der Waals surface area contributed by atoms with Gasteiger partial charge in [-0.1, -0.05) is 55.1 Å². The summed E-state index contributed by atoms with van der Waals surface area (Å²) in [5.41, 5.74) is 3.52. The Morgan fingerprint density at radius 2 is 1.87 bits per heavy atom. The molecule has 3 atom stereocenters. The summed E-state index contributed by atoms with van der Waals surface area (Å²) in [6.45, 7) is 4.24. The number of carbonyl (C=O) groups is 3. The summed E-state index contributed by atoms with van der Waals surface area (Å²) < 4.78 is 30.0. The van der Waals surface area contributed by atoms with Crippen molar-refractivity contribution in [3.63, 3.8) is 0 Å². The molecule has 0 spiro atoms. The van der Waals surface area contributed by atoms with Crippen LogP contribution in [0.3, 0.4) is 0 Å². The molecule has 2 amide bonds. The molecule has 0 aliphatic carbocycles. The van der Waals surface area contributed by atoms with Gasteiger partial charge in [0, 0.05) is 18.4 Å². The number of aliphatic carboxylic acids is 1. The number of carbonyl (C=O) groups excluding carboxylic acids is 2. The number of fused-ring (bicyclic) bond motifs is 4. The van der Waals surface area contributed by atoms with Gasteiger partial charge in [0.25, 0.3) is 5.91 Å². The van der Waals surface area contributed by atoms with Crippen LogP contribution in [0.1, 0.15) is 46.3 Å². The monoisotopic (exact) mass is 628 g/mol. The van der Waals surface area contributed by atoms with Crippen LogP contribution in [0, 0.1) is 0 Å². The van der Waals surface area contributed by atoms with E-state index in [-0.39, 0.29) is 48.3 Å². The molecule has 46 heavy (non-hydrogen) atoms. The summed E-state index contributed by atoms with van der Waals surface area (Å²) >= 11 is 0. The number of hydrogen-bond donors (Lipinski definition) is 1. The first kappa shape index (κ1) is 31.1. The summed E-state index contributed by atoms with van der Waals surface area (Å²) in [4.78, 5) is 42.7. The predicted molar refractivity (Wildman–Crippen MR) is 168 cm³/mol. The molecule has 240 valence electrons. The number of rotatable bonds is 10. The second kappa shape index (κ2) is 13.6. The third-order valence-electron chi connectivity index (χ3n) is 8.28. The molecule has 0 aromatic heterocycles. The second-order valence-electron chi connectivity index (χ2n) is 11.3. The van der Waals surface area contributed by atoms with Crippen molar-refractivity contribution >= 4 is 29.3 Å². The molecule has 3 aliphatic rings. The Balaban J connectivity index is 1.45. The molecule has 1 fully saturated rings. The number of ether oxygens (including phenoxy) is 5. The molecule has 11 heteroatoms. The van der Waals surface area contributed by atoms with Crippen LogP contribution in [0.25, 0.3) is 0 Å². The fraction of sp³-hybridized carbons (Fsp3) is 0.343. The number of nitrogens with zero attached hydrogens (tertiary/aromatic N) is 2. The van der Waals surface area contributed by atoms with Gasteiger partial charge in [0.05, 0.1) is 30.8 Å². The van der Waals surface area contributed by atoms with E-state index in [1.807, 2.05) is 30.3 Å². The first-order valence-corrected chi connectivity index (χ1v) is 15.3. The normalized spacial score (nSPS) is 20.2. The molecule has 3 aromatic carbocycles. The lowest BCUT2D eigenvalue weighted by Gasteiger charge is -2.38. The highest BCUT2D eigenvalue weighted by atomic mass is 16.7. The molecular weight excluding hydrogens is 592 g/mol. The Kier molecular flexibility index (Phi) is 9.23. The molecule has 1 saturated heterocycles. The molecule has 0 radical (unpaired) electrons. The molecule has 0 bridgehead atoms. The van der Waals surface area contributed by atoms with Crippen LogP contribution < -0.4 is 19.3 Å². The predicted octanol–water partition coefficient (Wildman–Crippen LogP) is 5.48. The van der Waals surface area contributed by atoms with Crippen molar-refractivity contribution in [1.82, 2.24) is 0 Å². The average Bonchev–Trinajstić information content (AvgIpc) is 3.41. The largest absolute Gasteiger partial charge is 0.493 e. The van der Waals surface area contributed by atoms with E-state index >= 15 is 0 Å². The number of benzene rings is 3. The van der Waals surface area contributed by atoms with Crippen LogP contribution in [-0.2, 0) is 38.5 Å². The van der Waals surface area contributed by atoms with Gasteiger partial charge in [0.15, 0.2) is 24.0 Å². The number of anilines is 2. The van der Waals surface area contributed by atoms with E-state index in [0.717, 1.165) is 29.7 Å². The van der Waals surface area contributed by atoms with E-state index in [1.54, 1.807) is 35.2 Å². The minimum Gasteiger partial charge on any atom is -0.493 e. The minimum atomic E-state index is -0.966. The highest BCUT2D eigenvalue weighted by molar-refractivity contribution is 6.14. The van der Waals surface area contributed by atoms with Gasteiger partial charge in [-0.3, -0.25) is 9.59 Å². The molecule has 6 rings (SSSR count). The van der Waals surface area contributed by atoms with E-state index in [0.29, 0.717) is 25.0 Å². The van der Waals surface area contributed by atoms with Crippen molar-refractivity contribution in [3.8, 4) is 11.5 Å². The van der Waals surface area contributed by atoms with Gasteiger partial charge in [-0.2, -0.15) is 0 Å². The molecule has 0 saturated carbocycles. The molecule has 3 aromatic rings. The maximum atomic E-state index is 14.5. The molecule has 3 aliphatic heterocycles. The van der Waals surface area contributed by atoms with Crippen LogP contribution in [0.5, 0.6) is 11.5 Å². The molecule has 11 nitrogen and oxygen atoms in total. The number of carboxylic acids is 1. The highest BCUT2D eigenvalue weighted by Crippen LogP contribution is 2.45. The number of carboxylic acid groups (broad SMARTS) is 1. The van der Waals surface area contributed by atoms with Gasteiger partial charge in [0.2, 0.25) is 0 Å². The highest BCUT2D eigenvalue weighted by Gasteiger charge is 2.49. The smallest absolute Gasteiger partial charge is 0.416 e. The maximum Gasteiger partial charge on any atom is 0.416 e.